The van der Waals surface area contributed by atoms with Gasteiger partial charge in [-0.25, -0.2) is 19.9 Å². The van der Waals surface area contributed by atoms with Crippen LogP contribution in [0.5, 0.6) is 11.8 Å². The molecule has 0 radical (unpaired) electrons. The first-order chi connectivity index (χ1) is 34.4. The van der Waals surface area contributed by atoms with Crippen molar-refractivity contribution in [2.45, 2.75) is 34.6 Å². The van der Waals surface area contributed by atoms with Crippen LogP contribution in [-0.4, -0.2) is 90.0 Å². The Labute approximate surface area is 418 Å². The molecule has 14 heteroatoms. The number of ether oxygens (including phenoxy) is 3. The number of hydrogen-bond acceptors (Lipinski definition) is 12. The summed E-state index contributed by atoms with van der Waals surface area (Å²) in [5.74, 6) is 3.69. The molecule has 0 aliphatic rings. The highest BCUT2D eigenvalue weighted by atomic mass is 32.1. The third kappa shape index (κ3) is 11.0. The lowest BCUT2D eigenvalue weighted by Gasteiger charge is -2.18. The molecule has 10 aromatic rings. The first-order valence-corrected chi connectivity index (χ1v) is 25.5. The number of likely N-dealkylation sites (N-methyl/N-ethyl adjacent to an activating group) is 1. The largest absolute Gasteiger partial charge is 0.476 e. The number of benzene rings is 4. The molecule has 0 bridgehead atoms. The van der Waals surface area contributed by atoms with Gasteiger partial charge in [-0.3, -0.25) is 0 Å². The highest BCUT2D eigenvalue weighted by Crippen LogP contribution is 2.49. The van der Waals surface area contributed by atoms with E-state index in [1.807, 2.05) is 92.8 Å². The molecule has 4 aromatic carbocycles. The quantitative estimate of drug-likeness (QED) is 0.0816. The van der Waals surface area contributed by atoms with Crippen LogP contribution in [0.2, 0.25) is 0 Å². The molecule has 6 heterocycles. The van der Waals surface area contributed by atoms with Crippen LogP contribution in [0.3, 0.4) is 0 Å². The van der Waals surface area contributed by atoms with Crippen LogP contribution in [0.4, 0.5) is 0 Å². The van der Waals surface area contributed by atoms with Crippen molar-refractivity contribution in [2.24, 2.45) is 14.1 Å². The zero-order valence-electron chi connectivity index (χ0n) is 40.9. The lowest BCUT2D eigenvalue weighted by Crippen LogP contribution is -2.28. The van der Waals surface area contributed by atoms with Crippen molar-refractivity contribution >= 4 is 43.1 Å². The molecule has 0 aliphatic carbocycles. The molecule has 10 rings (SSSR count). The van der Waals surface area contributed by atoms with E-state index in [9.17, 15) is 0 Å². The summed E-state index contributed by atoms with van der Waals surface area (Å²) in [6.07, 6.45) is 7.31. The lowest BCUT2D eigenvalue weighted by atomic mass is 10.00. The fourth-order valence-corrected chi connectivity index (χ4v) is 10.4. The van der Waals surface area contributed by atoms with Crippen molar-refractivity contribution in [3.8, 4) is 78.2 Å². The molecular weight excluding hydrogens is 911 g/mol. The van der Waals surface area contributed by atoms with Gasteiger partial charge in [0.1, 0.15) is 22.9 Å². The Hall–Kier alpha value is -7.10. The third-order valence-electron chi connectivity index (χ3n) is 11.5. The normalized spacial score (nSPS) is 11.1. The van der Waals surface area contributed by atoms with Crippen molar-refractivity contribution in [1.82, 2.24) is 43.9 Å². The Morgan fingerprint density at radius 1 is 0.500 bits per heavy atom. The monoisotopic (exact) mass is 969 g/mol. The minimum absolute atomic E-state index is 0.407. The van der Waals surface area contributed by atoms with Crippen LogP contribution in [0.15, 0.2) is 146 Å². The summed E-state index contributed by atoms with van der Waals surface area (Å²) in [5.41, 5.74) is 6.71. The maximum absolute atomic E-state index is 6.42. The van der Waals surface area contributed by atoms with Gasteiger partial charge in [-0.2, -0.15) is 9.97 Å². The Bertz CT molecular complexity index is 3200. The standard InChI is InChI=1S/C28H29N5OS.C26H24N4O2S.C2H6/c1-4-33(5-2)18-19-34-27-23-22(20-12-8-6-9-13-20)24(21-14-10-7-11-15-21)35-28(23)31-25(30-27)26-29-16-17-32(26)3;1-3-31-16-17-32-25-21-20(18-10-6-4-7-11-18)22(19-12-8-5-9-13-19)33-26(21)29-23(28-25)24-27-14-15-30(24)2;1-2/h6-17H,4-5,18-19H2,1-3H3;4-15H,3,16-17H2,1-2H3;1-2H3. The van der Waals surface area contributed by atoms with Crippen molar-refractivity contribution in [3.63, 3.8) is 0 Å². The maximum atomic E-state index is 6.42. The smallest absolute Gasteiger partial charge is 0.226 e. The number of aromatic nitrogens is 8. The second-order valence-corrected chi connectivity index (χ2v) is 17.8. The minimum Gasteiger partial charge on any atom is -0.476 e. The first kappa shape index (κ1) is 49.3. The Morgan fingerprint density at radius 2 is 0.900 bits per heavy atom. The zero-order valence-corrected chi connectivity index (χ0v) is 42.5. The topological polar surface area (TPSA) is 118 Å². The number of imidazole rings is 2. The molecule has 0 spiro atoms. The fourth-order valence-electron chi connectivity index (χ4n) is 8.01. The molecule has 0 unspecified atom stereocenters. The molecule has 0 N–H and O–H groups in total. The van der Waals surface area contributed by atoms with Gasteiger partial charge in [0.15, 0.2) is 11.6 Å². The van der Waals surface area contributed by atoms with Crippen LogP contribution in [-0.2, 0) is 18.8 Å². The van der Waals surface area contributed by atoms with E-state index >= 15 is 0 Å². The number of fused-ring (bicyclic) bond motifs is 2. The summed E-state index contributed by atoms with van der Waals surface area (Å²) < 4.78 is 22.0. The SMILES string of the molecule is CC.CCN(CC)CCOc1nc(-c2nccn2C)nc2sc(-c3ccccc3)c(-c3ccccc3)c12.CCOCCOc1nc(-c2nccn2C)nc2sc(-c3ccccc3)c(-c3ccccc3)c12. The van der Waals surface area contributed by atoms with E-state index in [0.29, 0.717) is 55.7 Å². The molecule has 0 saturated carbocycles. The van der Waals surface area contributed by atoms with Gasteiger partial charge < -0.3 is 28.2 Å². The van der Waals surface area contributed by atoms with E-state index in [-0.39, 0.29) is 0 Å². The molecule has 12 nitrogen and oxygen atoms in total. The zero-order chi connectivity index (χ0) is 48.8. The van der Waals surface area contributed by atoms with Crippen molar-refractivity contribution in [3.05, 3.63) is 146 Å². The number of hydrogen-bond donors (Lipinski definition) is 0. The van der Waals surface area contributed by atoms with Gasteiger partial charge >= 0.3 is 0 Å². The molecule has 358 valence electrons. The summed E-state index contributed by atoms with van der Waals surface area (Å²) in [6, 6.07) is 41.7. The average molecular weight is 970 g/mol. The molecule has 70 heavy (non-hydrogen) atoms. The van der Waals surface area contributed by atoms with Gasteiger partial charge in [0, 0.05) is 72.9 Å². The molecule has 0 amide bonds. The molecular formula is C56H59N9O3S2. The lowest BCUT2D eigenvalue weighted by molar-refractivity contribution is 0.109. The van der Waals surface area contributed by atoms with Crippen LogP contribution in [0.1, 0.15) is 34.6 Å². The van der Waals surface area contributed by atoms with Crippen LogP contribution >= 0.6 is 22.7 Å². The Morgan fingerprint density at radius 3 is 1.27 bits per heavy atom. The Kier molecular flexibility index (Phi) is 16.9. The van der Waals surface area contributed by atoms with Gasteiger partial charge in [-0.15, -0.1) is 22.7 Å². The van der Waals surface area contributed by atoms with Crippen molar-refractivity contribution in [1.29, 1.82) is 0 Å². The first-order valence-electron chi connectivity index (χ1n) is 23.9. The van der Waals surface area contributed by atoms with Crippen LogP contribution in [0.25, 0.3) is 86.9 Å². The van der Waals surface area contributed by atoms with E-state index in [1.165, 1.54) is 0 Å². The van der Waals surface area contributed by atoms with Gasteiger partial charge in [0.25, 0.3) is 0 Å². The van der Waals surface area contributed by atoms with Gasteiger partial charge in [0.05, 0.1) is 17.4 Å². The minimum atomic E-state index is 0.407. The van der Waals surface area contributed by atoms with E-state index in [1.54, 1.807) is 35.1 Å². The number of rotatable bonds is 17. The van der Waals surface area contributed by atoms with E-state index in [2.05, 4.69) is 114 Å². The van der Waals surface area contributed by atoms with E-state index in [0.717, 1.165) is 89.0 Å². The van der Waals surface area contributed by atoms with Gasteiger partial charge in [0.2, 0.25) is 23.4 Å². The predicted octanol–water partition coefficient (Wildman–Crippen LogP) is 13.0. The third-order valence-corrected chi connectivity index (χ3v) is 13.8. The highest BCUT2D eigenvalue weighted by molar-refractivity contribution is 7.23. The molecule has 0 fully saturated rings. The van der Waals surface area contributed by atoms with Gasteiger partial charge in [-0.1, -0.05) is 149 Å². The number of nitrogens with zero attached hydrogens (tertiary/aromatic N) is 9. The molecule has 0 atom stereocenters. The van der Waals surface area contributed by atoms with E-state index < -0.39 is 0 Å². The average Bonchev–Trinajstić information content (AvgIpc) is 4.23. The second kappa shape index (κ2) is 24.0. The summed E-state index contributed by atoms with van der Waals surface area (Å²) in [5, 5.41) is 1.87. The van der Waals surface area contributed by atoms with Crippen molar-refractivity contribution < 1.29 is 14.2 Å². The second-order valence-electron chi connectivity index (χ2n) is 15.8. The number of thiophene rings is 2. The predicted molar refractivity (Wildman–Crippen MR) is 288 cm³/mol. The van der Waals surface area contributed by atoms with Gasteiger partial charge in [-0.05, 0) is 42.3 Å². The van der Waals surface area contributed by atoms with Crippen molar-refractivity contribution in [2.75, 3.05) is 46.1 Å². The van der Waals surface area contributed by atoms with Crippen LogP contribution in [0, 0.1) is 0 Å². The highest BCUT2D eigenvalue weighted by Gasteiger charge is 2.26. The summed E-state index contributed by atoms with van der Waals surface area (Å²) in [4.78, 5) is 35.0. The summed E-state index contributed by atoms with van der Waals surface area (Å²) >= 11 is 3.32. The number of aryl methyl sites for hydroxylation is 2. The fraction of sp³-hybridized carbons (Fsp3) is 0.250. The molecule has 6 aromatic heterocycles. The maximum Gasteiger partial charge on any atom is 0.226 e. The van der Waals surface area contributed by atoms with E-state index in [4.69, 9.17) is 34.1 Å². The molecule has 0 saturated heterocycles. The van der Waals surface area contributed by atoms with Crippen LogP contribution < -0.4 is 9.47 Å². The Balaban J connectivity index is 0.000000182. The summed E-state index contributed by atoms with van der Waals surface area (Å²) in [7, 11) is 3.89. The summed E-state index contributed by atoms with van der Waals surface area (Å²) in [6.45, 7) is 15.2. The molecule has 0 aliphatic heterocycles.